The third-order valence-electron chi connectivity index (χ3n) is 3.90. The third kappa shape index (κ3) is 3.85. The molecule has 0 aliphatic carbocycles. The van der Waals surface area contributed by atoms with Crippen molar-refractivity contribution < 1.29 is 13.7 Å². The van der Waals surface area contributed by atoms with Gasteiger partial charge in [0.05, 0.1) is 6.54 Å². The average molecular weight is 380 g/mol. The van der Waals surface area contributed by atoms with Crippen molar-refractivity contribution in [3.05, 3.63) is 71.6 Å². The lowest BCUT2D eigenvalue weighted by molar-refractivity contribution is 0.0923. The number of carbonyl (C=O) groups is 1. The number of hydrogen-bond acceptors (Lipinski definition) is 7. The molecule has 3 aromatic heterocycles. The molecule has 27 heavy (non-hydrogen) atoms. The van der Waals surface area contributed by atoms with Crippen LogP contribution >= 0.6 is 11.8 Å². The van der Waals surface area contributed by atoms with Gasteiger partial charge in [0.15, 0.2) is 10.9 Å². The van der Waals surface area contributed by atoms with Crippen LogP contribution in [0.2, 0.25) is 0 Å². The number of hydrogen-bond donors (Lipinski definition) is 1. The summed E-state index contributed by atoms with van der Waals surface area (Å²) >= 11 is 1.45. The van der Waals surface area contributed by atoms with Crippen LogP contribution in [0, 0.1) is 6.92 Å². The highest BCUT2D eigenvalue weighted by Gasteiger charge is 2.21. The molecule has 0 aliphatic rings. The Labute approximate surface area is 159 Å². The molecule has 0 saturated carbocycles. The van der Waals surface area contributed by atoms with Crippen molar-refractivity contribution in [3.8, 4) is 0 Å². The van der Waals surface area contributed by atoms with E-state index in [9.17, 15) is 4.79 Å². The molecule has 0 radical (unpaired) electrons. The van der Waals surface area contributed by atoms with Gasteiger partial charge in [-0.3, -0.25) is 4.79 Å². The molecule has 136 valence electrons. The maximum Gasteiger partial charge on any atom is 0.287 e. The zero-order valence-electron chi connectivity index (χ0n) is 14.5. The maximum atomic E-state index is 12.7. The minimum absolute atomic E-state index is 0.265. The van der Waals surface area contributed by atoms with Crippen LogP contribution in [0.5, 0.6) is 0 Å². The SMILES string of the molecule is Cc1cc(CNC(=O)c2oc3ccccc3c2CSc2ncccn2)no1. The predicted molar refractivity (Wildman–Crippen MR) is 100 cm³/mol. The first-order chi connectivity index (χ1) is 13.2. The number of fused-ring (bicyclic) bond motifs is 1. The van der Waals surface area contributed by atoms with E-state index in [4.69, 9.17) is 8.94 Å². The molecular formula is C19H16N4O3S. The van der Waals surface area contributed by atoms with Crippen LogP contribution in [0.1, 0.15) is 27.6 Å². The molecule has 0 unspecified atom stereocenters. The van der Waals surface area contributed by atoms with E-state index in [1.807, 2.05) is 24.3 Å². The van der Waals surface area contributed by atoms with Crippen molar-refractivity contribution in [1.29, 1.82) is 0 Å². The second-order valence-corrected chi connectivity index (χ2v) is 6.78. The Balaban J connectivity index is 1.58. The molecule has 0 bridgehead atoms. The number of para-hydroxylation sites is 1. The summed E-state index contributed by atoms with van der Waals surface area (Å²) in [5.41, 5.74) is 2.15. The van der Waals surface area contributed by atoms with Gasteiger partial charge in [-0.15, -0.1) is 0 Å². The smallest absolute Gasteiger partial charge is 0.287 e. The Morgan fingerprint density at radius 1 is 1.19 bits per heavy atom. The van der Waals surface area contributed by atoms with Crippen molar-refractivity contribution in [2.24, 2.45) is 0 Å². The lowest BCUT2D eigenvalue weighted by atomic mass is 10.1. The molecule has 4 rings (SSSR count). The summed E-state index contributed by atoms with van der Waals surface area (Å²) in [6.07, 6.45) is 3.38. The molecule has 0 fully saturated rings. The van der Waals surface area contributed by atoms with Gasteiger partial charge in [-0.2, -0.15) is 0 Å². The normalized spacial score (nSPS) is 11.0. The number of rotatable bonds is 6. The number of furan rings is 1. The van der Waals surface area contributed by atoms with Crippen LogP contribution in [0.15, 0.2) is 62.9 Å². The van der Waals surface area contributed by atoms with E-state index < -0.39 is 0 Å². The third-order valence-corrected chi connectivity index (χ3v) is 4.80. The van der Waals surface area contributed by atoms with E-state index in [2.05, 4.69) is 20.4 Å². The number of aryl methyl sites for hydroxylation is 1. The van der Waals surface area contributed by atoms with Gasteiger partial charge < -0.3 is 14.3 Å². The van der Waals surface area contributed by atoms with Gasteiger partial charge in [0, 0.05) is 35.2 Å². The number of aromatic nitrogens is 3. The minimum atomic E-state index is -0.295. The molecule has 0 atom stereocenters. The molecule has 1 amide bonds. The molecule has 3 heterocycles. The van der Waals surface area contributed by atoms with Gasteiger partial charge >= 0.3 is 0 Å². The highest BCUT2D eigenvalue weighted by atomic mass is 32.2. The fourth-order valence-corrected chi connectivity index (χ4v) is 3.51. The maximum absolute atomic E-state index is 12.7. The first kappa shape index (κ1) is 17.3. The number of benzene rings is 1. The molecule has 0 saturated heterocycles. The first-order valence-corrected chi connectivity index (χ1v) is 9.30. The summed E-state index contributed by atoms with van der Waals surface area (Å²) in [6.45, 7) is 2.07. The topological polar surface area (TPSA) is 94.1 Å². The quantitative estimate of drug-likeness (QED) is 0.402. The van der Waals surface area contributed by atoms with Crippen LogP contribution in [0.4, 0.5) is 0 Å². The predicted octanol–water partition coefficient (Wildman–Crippen LogP) is 3.74. The van der Waals surface area contributed by atoms with Gasteiger partial charge in [-0.25, -0.2) is 9.97 Å². The van der Waals surface area contributed by atoms with Crippen molar-refractivity contribution in [3.63, 3.8) is 0 Å². The number of carbonyl (C=O) groups excluding carboxylic acids is 1. The van der Waals surface area contributed by atoms with Crippen LogP contribution in [-0.4, -0.2) is 21.0 Å². The Bertz CT molecular complexity index is 1070. The summed E-state index contributed by atoms with van der Waals surface area (Å²) in [5.74, 6) is 1.21. The molecule has 0 spiro atoms. The largest absolute Gasteiger partial charge is 0.451 e. The van der Waals surface area contributed by atoms with Gasteiger partial charge in [-0.1, -0.05) is 35.1 Å². The molecule has 1 N–H and O–H groups in total. The van der Waals surface area contributed by atoms with E-state index in [0.717, 1.165) is 10.9 Å². The van der Waals surface area contributed by atoms with E-state index in [1.165, 1.54) is 11.8 Å². The Morgan fingerprint density at radius 2 is 2.00 bits per heavy atom. The summed E-state index contributed by atoms with van der Waals surface area (Å²) < 4.78 is 10.9. The van der Waals surface area contributed by atoms with Crippen LogP contribution in [-0.2, 0) is 12.3 Å². The van der Waals surface area contributed by atoms with Crippen molar-refractivity contribution in [2.45, 2.75) is 24.4 Å². The first-order valence-electron chi connectivity index (χ1n) is 8.31. The Morgan fingerprint density at radius 3 is 2.78 bits per heavy atom. The van der Waals surface area contributed by atoms with Gasteiger partial charge in [0.25, 0.3) is 5.91 Å². The van der Waals surface area contributed by atoms with E-state index in [0.29, 0.717) is 33.7 Å². The molecular weight excluding hydrogens is 364 g/mol. The summed E-state index contributed by atoms with van der Waals surface area (Å²) in [6, 6.07) is 11.1. The van der Waals surface area contributed by atoms with Gasteiger partial charge in [0.2, 0.25) is 0 Å². The zero-order chi connectivity index (χ0) is 18.6. The van der Waals surface area contributed by atoms with Crippen LogP contribution in [0.3, 0.4) is 0 Å². The van der Waals surface area contributed by atoms with Crippen LogP contribution in [0.25, 0.3) is 11.0 Å². The van der Waals surface area contributed by atoms with Crippen molar-refractivity contribution in [2.75, 3.05) is 0 Å². The molecule has 1 aromatic carbocycles. The molecule has 0 aliphatic heterocycles. The highest BCUT2D eigenvalue weighted by Crippen LogP contribution is 2.31. The Hall–Kier alpha value is -3.13. The molecule has 8 heteroatoms. The summed E-state index contributed by atoms with van der Waals surface area (Å²) in [4.78, 5) is 21.1. The van der Waals surface area contributed by atoms with E-state index in [-0.39, 0.29) is 12.5 Å². The highest BCUT2D eigenvalue weighted by molar-refractivity contribution is 7.98. The second-order valence-electron chi connectivity index (χ2n) is 5.84. The zero-order valence-corrected chi connectivity index (χ0v) is 15.3. The lowest BCUT2D eigenvalue weighted by Gasteiger charge is -2.04. The standard InChI is InChI=1S/C19H16N4O3S/c1-12-9-13(23-26-12)10-22-18(24)17-15(11-27-19-20-7-4-8-21-19)14-5-2-3-6-16(14)25-17/h2-9H,10-11H2,1H3,(H,22,24). The lowest BCUT2D eigenvalue weighted by Crippen LogP contribution is -2.23. The second kappa shape index (κ2) is 7.63. The fourth-order valence-electron chi connectivity index (χ4n) is 2.67. The summed E-state index contributed by atoms with van der Waals surface area (Å²) in [7, 11) is 0. The monoisotopic (exact) mass is 380 g/mol. The number of thioether (sulfide) groups is 1. The number of nitrogens with zero attached hydrogens (tertiary/aromatic N) is 3. The van der Waals surface area contributed by atoms with Gasteiger partial charge in [0.1, 0.15) is 17.0 Å². The fraction of sp³-hybridized carbons (Fsp3) is 0.158. The average Bonchev–Trinajstić information content (AvgIpc) is 3.28. The minimum Gasteiger partial charge on any atom is -0.451 e. The number of amides is 1. The summed E-state index contributed by atoms with van der Waals surface area (Å²) in [5, 5.41) is 8.27. The van der Waals surface area contributed by atoms with Crippen molar-refractivity contribution >= 4 is 28.6 Å². The number of nitrogens with one attached hydrogen (secondary N) is 1. The van der Waals surface area contributed by atoms with Crippen molar-refractivity contribution in [1.82, 2.24) is 20.4 Å². The molecule has 7 nitrogen and oxygen atoms in total. The van der Waals surface area contributed by atoms with Crippen LogP contribution < -0.4 is 5.32 Å². The van der Waals surface area contributed by atoms with E-state index >= 15 is 0 Å². The van der Waals surface area contributed by atoms with Gasteiger partial charge in [-0.05, 0) is 19.1 Å². The van der Waals surface area contributed by atoms with E-state index in [1.54, 1.807) is 31.5 Å². The molecule has 4 aromatic rings. The Kier molecular flexibility index (Phi) is 4.88.